The molecule has 41 heavy (non-hydrogen) atoms. The molecule has 2 nitrogen and oxygen atoms in total. The van der Waals surface area contributed by atoms with Gasteiger partial charge in [0.15, 0.2) is 0 Å². The fourth-order valence-corrected chi connectivity index (χ4v) is 5.29. The van der Waals surface area contributed by atoms with Crippen LogP contribution in [0.25, 0.3) is 11.1 Å². The van der Waals surface area contributed by atoms with Crippen LogP contribution in [0.1, 0.15) is 16.7 Å². The largest absolute Gasteiger partial charge is 0.310 e. The number of anilines is 6. The zero-order chi connectivity index (χ0) is 28.2. The molecule has 200 valence electrons. The molecular weight excluding hydrogens is 496 g/mol. The summed E-state index contributed by atoms with van der Waals surface area (Å²) in [7, 11) is 0. The number of para-hydroxylation sites is 2. The van der Waals surface area contributed by atoms with E-state index in [1.165, 1.54) is 27.8 Å². The van der Waals surface area contributed by atoms with Gasteiger partial charge in [-0.15, -0.1) is 0 Å². The summed E-state index contributed by atoms with van der Waals surface area (Å²) >= 11 is 0. The maximum Gasteiger partial charge on any atom is 0.0464 e. The minimum Gasteiger partial charge on any atom is -0.310 e. The average molecular weight is 531 g/mol. The second-order valence-electron chi connectivity index (χ2n) is 10.5. The number of aryl methyl sites for hydroxylation is 3. The average Bonchev–Trinajstić information content (AvgIpc) is 3.01. The van der Waals surface area contributed by atoms with Crippen molar-refractivity contribution in [3.8, 4) is 11.1 Å². The monoisotopic (exact) mass is 530 g/mol. The number of rotatable bonds is 7. The highest BCUT2D eigenvalue weighted by Crippen LogP contribution is 2.38. The number of hydrogen-bond donors (Lipinski definition) is 0. The van der Waals surface area contributed by atoms with Gasteiger partial charge in [-0.2, -0.15) is 0 Å². The Hall–Kier alpha value is -5.08. The molecular formula is C39H34N2. The molecule has 0 aliphatic carbocycles. The zero-order valence-corrected chi connectivity index (χ0v) is 23.8. The van der Waals surface area contributed by atoms with E-state index in [0.717, 1.165) is 34.1 Å². The van der Waals surface area contributed by atoms with Crippen molar-refractivity contribution in [2.24, 2.45) is 0 Å². The molecule has 0 unspecified atom stereocenters. The van der Waals surface area contributed by atoms with Crippen LogP contribution in [0.5, 0.6) is 0 Å². The molecule has 6 aromatic rings. The van der Waals surface area contributed by atoms with Gasteiger partial charge >= 0.3 is 0 Å². The Morgan fingerprint density at radius 3 is 1.20 bits per heavy atom. The molecule has 0 bridgehead atoms. The summed E-state index contributed by atoms with van der Waals surface area (Å²) in [6.07, 6.45) is 0. The van der Waals surface area contributed by atoms with Gasteiger partial charge in [0.05, 0.1) is 0 Å². The molecule has 0 aromatic heterocycles. The van der Waals surface area contributed by atoms with Gasteiger partial charge in [0, 0.05) is 34.1 Å². The van der Waals surface area contributed by atoms with Crippen LogP contribution in [0, 0.1) is 20.8 Å². The van der Waals surface area contributed by atoms with Gasteiger partial charge in [-0.1, -0.05) is 78.9 Å². The van der Waals surface area contributed by atoms with E-state index in [1.54, 1.807) is 0 Å². The van der Waals surface area contributed by atoms with Crippen molar-refractivity contribution in [1.29, 1.82) is 0 Å². The minimum absolute atomic E-state index is 1.13. The van der Waals surface area contributed by atoms with Gasteiger partial charge in [0.1, 0.15) is 0 Å². The first-order valence-electron chi connectivity index (χ1n) is 14.1. The van der Waals surface area contributed by atoms with Crippen molar-refractivity contribution >= 4 is 34.1 Å². The quantitative estimate of drug-likeness (QED) is 0.202. The van der Waals surface area contributed by atoms with Crippen LogP contribution >= 0.6 is 0 Å². The Kier molecular flexibility index (Phi) is 7.38. The summed E-state index contributed by atoms with van der Waals surface area (Å²) in [5.41, 5.74) is 13.1. The SMILES string of the molecule is Cc1cccc(N(c2ccccc2)c2ccc(-c3ccc(N(c4ccccc4)c4ccc(C)c(C)c4)cc3)cc2)c1. The Labute approximate surface area is 243 Å². The lowest BCUT2D eigenvalue weighted by molar-refractivity contribution is 1.25. The van der Waals surface area contributed by atoms with Crippen molar-refractivity contribution in [2.75, 3.05) is 9.80 Å². The molecule has 0 aliphatic rings. The predicted molar refractivity (Wildman–Crippen MR) is 175 cm³/mol. The lowest BCUT2D eigenvalue weighted by Crippen LogP contribution is -2.10. The van der Waals surface area contributed by atoms with E-state index in [2.05, 4.69) is 182 Å². The lowest BCUT2D eigenvalue weighted by Gasteiger charge is -2.26. The van der Waals surface area contributed by atoms with Crippen molar-refractivity contribution in [3.63, 3.8) is 0 Å². The zero-order valence-electron chi connectivity index (χ0n) is 23.8. The molecule has 0 amide bonds. The second-order valence-corrected chi connectivity index (χ2v) is 10.5. The summed E-state index contributed by atoms with van der Waals surface area (Å²) < 4.78 is 0. The van der Waals surface area contributed by atoms with E-state index in [0.29, 0.717) is 0 Å². The second kappa shape index (κ2) is 11.6. The molecule has 0 spiro atoms. The van der Waals surface area contributed by atoms with Crippen LogP contribution in [-0.4, -0.2) is 0 Å². The van der Waals surface area contributed by atoms with Gasteiger partial charge in [-0.3, -0.25) is 0 Å². The molecule has 0 fully saturated rings. The maximum absolute atomic E-state index is 2.32. The summed E-state index contributed by atoms with van der Waals surface area (Å²) in [6, 6.07) is 54.2. The van der Waals surface area contributed by atoms with Crippen molar-refractivity contribution in [2.45, 2.75) is 20.8 Å². The highest BCUT2D eigenvalue weighted by molar-refractivity contribution is 5.81. The first kappa shape index (κ1) is 26.2. The number of hydrogen-bond acceptors (Lipinski definition) is 2. The van der Waals surface area contributed by atoms with Gasteiger partial charge < -0.3 is 9.80 Å². The van der Waals surface area contributed by atoms with E-state index in [-0.39, 0.29) is 0 Å². The third kappa shape index (κ3) is 5.64. The fourth-order valence-electron chi connectivity index (χ4n) is 5.29. The Morgan fingerprint density at radius 2 is 0.732 bits per heavy atom. The van der Waals surface area contributed by atoms with Crippen molar-refractivity contribution in [1.82, 2.24) is 0 Å². The molecule has 0 aliphatic heterocycles. The van der Waals surface area contributed by atoms with Gasteiger partial charge in [-0.05, 0) is 121 Å². The molecule has 0 N–H and O–H groups in total. The molecule has 2 heteroatoms. The normalized spacial score (nSPS) is 10.8. The van der Waals surface area contributed by atoms with Crippen molar-refractivity contribution < 1.29 is 0 Å². The molecule has 0 atom stereocenters. The Morgan fingerprint density at radius 1 is 0.317 bits per heavy atom. The molecule has 0 radical (unpaired) electrons. The van der Waals surface area contributed by atoms with E-state index >= 15 is 0 Å². The smallest absolute Gasteiger partial charge is 0.0464 e. The third-order valence-electron chi connectivity index (χ3n) is 7.62. The Bertz CT molecular complexity index is 1740. The molecule has 0 saturated heterocycles. The summed E-state index contributed by atoms with van der Waals surface area (Å²) in [4.78, 5) is 4.63. The van der Waals surface area contributed by atoms with Crippen molar-refractivity contribution in [3.05, 3.63) is 168 Å². The molecule has 6 rings (SSSR count). The molecule has 0 heterocycles. The third-order valence-corrected chi connectivity index (χ3v) is 7.62. The Balaban J connectivity index is 1.32. The fraction of sp³-hybridized carbons (Fsp3) is 0.0769. The first-order chi connectivity index (χ1) is 20.1. The number of benzene rings is 6. The topological polar surface area (TPSA) is 6.48 Å². The standard InChI is InChI=1S/C39H34N2/c1-29-11-10-16-38(27-29)40(34-12-6-4-7-13-34)36-23-18-32(19-24-36)33-20-25-37(26-21-33)41(35-14-8-5-9-15-35)39-22-17-30(2)31(3)28-39/h4-28H,1-3H3. The summed E-state index contributed by atoms with van der Waals surface area (Å²) in [5, 5.41) is 0. The molecule has 0 saturated carbocycles. The van der Waals surface area contributed by atoms with Crippen LogP contribution < -0.4 is 9.80 Å². The van der Waals surface area contributed by atoms with E-state index in [4.69, 9.17) is 0 Å². The van der Waals surface area contributed by atoms with Crippen LogP contribution in [0.15, 0.2) is 152 Å². The first-order valence-corrected chi connectivity index (χ1v) is 14.1. The number of nitrogens with zero attached hydrogens (tertiary/aromatic N) is 2. The van der Waals surface area contributed by atoms with Crippen LogP contribution in [0.3, 0.4) is 0 Å². The van der Waals surface area contributed by atoms with Crippen LogP contribution in [-0.2, 0) is 0 Å². The van der Waals surface area contributed by atoms with Gasteiger partial charge in [0.25, 0.3) is 0 Å². The van der Waals surface area contributed by atoms with Gasteiger partial charge in [-0.25, -0.2) is 0 Å². The lowest BCUT2D eigenvalue weighted by atomic mass is 10.0. The highest BCUT2D eigenvalue weighted by Gasteiger charge is 2.15. The highest BCUT2D eigenvalue weighted by atomic mass is 15.1. The predicted octanol–water partition coefficient (Wildman–Crippen LogP) is 11.2. The van der Waals surface area contributed by atoms with E-state index in [9.17, 15) is 0 Å². The van der Waals surface area contributed by atoms with E-state index < -0.39 is 0 Å². The summed E-state index contributed by atoms with van der Waals surface area (Å²) in [5.74, 6) is 0. The molecule has 6 aromatic carbocycles. The van der Waals surface area contributed by atoms with E-state index in [1.807, 2.05) is 0 Å². The van der Waals surface area contributed by atoms with Crippen LogP contribution in [0.4, 0.5) is 34.1 Å². The van der Waals surface area contributed by atoms with Crippen LogP contribution in [0.2, 0.25) is 0 Å². The summed E-state index contributed by atoms with van der Waals surface area (Å²) in [6.45, 7) is 6.47. The van der Waals surface area contributed by atoms with Gasteiger partial charge in [0.2, 0.25) is 0 Å². The maximum atomic E-state index is 2.32. The minimum atomic E-state index is 1.13.